The summed E-state index contributed by atoms with van der Waals surface area (Å²) in [5.41, 5.74) is 8.79. The topological polar surface area (TPSA) is 151 Å². The molecule has 0 aliphatic heterocycles. The molecule has 2 amide bonds. The van der Waals surface area contributed by atoms with Crippen molar-refractivity contribution in [2.24, 2.45) is 17.2 Å². The second kappa shape index (κ2) is 11.0. The van der Waals surface area contributed by atoms with Gasteiger partial charge in [0.2, 0.25) is 5.91 Å². The molecule has 0 spiro atoms. The number of benzene rings is 2. The molecule has 0 saturated carbocycles. The standard InChI is InChI=1S/C27H28N6O5S/c1-17-5-10-22(11-6-17)39(36,37)31-26-12-9-21(15-33(26)16-25(28)34)38-20-8-7-18(2)23(14-20)29-27(35)24-13-19(3)30-32(24)4/h5-15H,16H2,1-4H3,(H2,28,34)(H,29,35)/b31-26-. The number of aryl methyl sites for hydroxylation is 4. The van der Waals surface area contributed by atoms with E-state index in [-0.39, 0.29) is 22.8 Å². The van der Waals surface area contributed by atoms with Crippen LogP contribution in [-0.2, 0) is 28.4 Å². The number of pyridine rings is 1. The van der Waals surface area contributed by atoms with Crippen molar-refractivity contribution in [1.82, 2.24) is 14.3 Å². The van der Waals surface area contributed by atoms with Crippen molar-refractivity contribution in [3.8, 4) is 11.5 Å². The average molecular weight is 549 g/mol. The molecule has 3 N–H and O–H groups in total. The minimum atomic E-state index is -4.04. The summed E-state index contributed by atoms with van der Waals surface area (Å²) in [6.07, 6.45) is 1.44. The Morgan fingerprint density at radius 3 is 2.33 bits per heavy atom. The first-order valence-electron chi connectivity index (χ1n) is 11.9. The number of hydrogen-bond donors (Lipinski definition) is 2. The van der Waals surface area contributed by atoms with Crippen LogP contribution in [-0.4, -0.2) is 34.6 Å². The largest absolute Gasteiger partial charge is 0.456 e. The Kier molecular flexibility index (Phi) is 7.68. The third kappa shape index (κ3) is 6.60. The van der Waals surface area contributed by atoms with Crippen LogP contribution in [0.15, 0.2) is 76.2 Å². The molecule has 11 nitrogen and oxygen atoms in total. The summed E-state index contributed by atoms with van der Waals surface area (Å²) in [5, 5.41) is 7.07. The number of carbonyl (C=O) groups excluding carboxylic acids is 2. The number of rotatable bonds is 8. The highest BCUT2D eigenvalue weighted by Gasteiger charge is 2.15. The van der Waals surface area contributed by atoms with Crippen LogP contribution in [0.3, 0.4) is 0 Å². The molecule has 2 heterocycles. The van der Waals surface area contributed by atoms with Crippen LogP contribution >= 0.6 is 0 Å². The summed E-state index contributed by atoms with van der Waals surface area (Å²) >= 11 is 0. The minimum Gasteiger partial charge on any atom is -0.456 e. The summed E-state index contributed by atoms with van der Waals surface area (Å²) in [5.74, 6) is -0.309. The Bertz CT molecular complexity index is 1740. The van der Waals surface area contributed by atoms with Gasteiger partial charge in [-0.2, -0.15) is 13.5 Å². The quantitative estimate of drug-likeness (QED) is 0.346. The Morgan fingerprint density at radius 2 is 1.69 bits per heavy atom. The van der Waals surface area contributed by atoms with Gasteiger partial charge in [-0.25, -0.2) is 0 Å². The van der Waals surface area contributed by atoms with Crippen molar-refractivity contribution in [1.29, 1.82) is 0 Å². The summed E-state index contributed by atoms with van der Waals surface area (Å²) in [7, 11) is -2.35. The zero-order chi connectivity index (χ0) is 28.3. The van der Waals surface area contributed by atoms with Crippen molar-refractivity contribution in [2.45, 2.75) is 32.2 Å². The fourth-order valence-corrected chi connectivity index (χ4v) is 4.78. The molecule has 0 unspecified atom stereocenters. The summed E-state index contributed by atoms with van der Waals surface area (Å²) in [6, 6.07) is 16.1. The number of hydrogen-bond acceptors (Lipinski definition) is 6. The Balaban J connectivity index is 1.63. The van der Waals surface area contributed by atoms with Gasteiger partial charge in [0.1, 0.15) is 29.2 Å². The second-order valence-electron chi connectivity index (χ2n) is 9.02. The summed E-state index contributed by atoms with van der Waals surface area (Å²) in [4.78, 5) is 24.5. The molecular weight excluding hydrogens is 520 g/mol. The number of ether oxygens (including phenoxy) is 1. The molecule has 0 atom stereocenters. The van der Waals surface area contributed by atoms with E-state index in [0.29, 0.717) is 22.9 Å². The molecule has 2 aromatic heterocycles. The van der Waals surface area contributed by atoms with Crippen LogP contribution in [0, 0.1) is 20.8 Å². The average Bonchev–Trinajstić information content (AvgIpc) is 3.20. The third-order valence-electron chi connectivity index (χ3n) is 5.76. The highest BCUT2D eigenvalue weighted by Crippen LogP contribution is 2.27. The van der Waals surface area contributed by atoms with Crippen molar-refractivity contribution in [2.75, 3.05) is 5.32 Å². The van der Waals surface area contributed by atoms with E-state index in [1.807, 2.05) is 13.8 Å². The summed E-state index contributed by atoms with van der Waals surface area (Å²) < 4.78 is 38.4. The molecular formula is C27H28N6O5S. The number of anilines is 1. The molecule has 12 heteroatoms. The van der Waals surface area contributed by atoms with Gasteiger partial charge in [0.25, 0.3) is 15.9 Å². The van der Waals surface area contributed by atoms with Gasteiger partial charge in [-0.1, -0.05) is 23.8 Å². The van der Waals surface area contributed by atoms with Gasteiger partial charge >= 0.3 is 0 Å². The first-order chi connectivity index (χ1) is 18.4. The molecule has 39 heavy (non-hydrogen) atoms. The van der Waals surface area contributed by atoms with E-state index in [1.54, 1.807) is 50.4 Å². The molecule has 0 aliphatic rings. The number of aromatic nitrogens is 3. The summed E-state index contributed by atoms with van der Waals surface area (Å²) in [6.45, 7) is 5.18. The third-order valence-corrected chi connectivity index (χ3v) is 7.06. The van der Waals surface area contributed by atoms with Crippen LogP contribution < -0.4 is 21.3 Å². The second-order valence-corrected chi connectivity index (χ2v) is 10.6. The van der Waals surface area contributed by atoms with E-state index in [4.69, 9.17) is 10.5 Å². The van der Waals surface area contributed by atoms with Crippen molar-refractivity contribution < 1.29 is 22.7 Å². The van der Waals surface area contributed by atoms with Crippen molar-refractivity contribution in [3.05, 3.63) is 94.9 Å². The highest BCUT2D eigenvalue weighted by atomic mass is 32.2. The number of nitrogens with one attached hydrogen (secondary N) is 1. The fraction of sp³-hybridized carbons (Fsp3) is 0.185. The number of nitrogens with two attached hydrogens (primary N) is 1. The zero-order valence-electron chi connectivity index (χ0n) is 21.9. The van der Waals surface area contributed by atoms with Gasteiger partial charge < -0.3 is 20.4 Å². The molecule has 0 radical (unpaired) electrons. The molecule has 0 fully saturated rings. The van der Waals surface area contributed by atoms with Gasteiger partial charge in [0.15, 0.2) is 0 Å². The number of amides is 2. The number of carbonyl (C=O) groups is 2. The van der Waals surface area contributed by atoms with Gasteiger partial charge in [0.05, 0.1) is 10.6 Å². The molecule has 2 aromatic carbocycles. The van der Waals surface area contributed by atoms with Crippen molar-refractivity contribution in [3.63, 3.8) is 0 Å². The van der Waals surface area contributed by atoms with E-state index in [2.05, 4.69) is 14.8 Å². The minimum absolute atomic E-state index is 0.00468. The first-order valence-corrected chi connectivity index (χ1v) is 13.3. The van der Waals surface area contributed by atoms with Crippen LogP contribution in [0.5, 0.6) is 11.5 Å². The lowest BCUT2D eigenvalue weighted by Crippen LogP contribution is -2.28. The Hall–Kier alpha value is -4.71. The van der Waals surface area contributed by atoms with Crippen LogP contribution in [0.1, 0.15) is 27.3 Å². The molecule has 202 valence electrons. The Labute approximate surface area is 225 Å². The number of nitrogens with zero attached hydrogens (tertiary/aromatic N) is 4. The normalized spacial score (nSPS) is 11.8. The van der Waals surface area contributed by atoms with Crippen LogP contribution in [0.4, 0.5) is 5.69 Å². The van der Waals surface area contributed by atoms with Gasteiger partial charge in [0, 0.05) is 25.0 Å². The lowest BCUT2D eigenvalue weighted by molar-refractivity contribution is -0.118. The van der Waals surface area contributed by atoms with Gasteiger partial charge in [-0.15, -0.1) is 4.40 Å². The van der Waals surface area contributed by atoms with E-state index < -0.39 is 15.9 Å². The molecule has 0 saturated heterocycles. The highest BCUT2D eigenvalue weighted by molar-refractivity contribution is 7.90. The smallest absolute Gasteiger partial charge is 0.284 e. The monoisotopic (exact) mass is 548 g/mol. The van der Waals surface area contributed by atoms with E-state index in [9.17, 15) is 18.0 Å². The van der Waals surface area contributed by atoms with E-state index in [1.165, 1.54) is 39.7 Å². The van der Waals surface area contributed by atoms with Gasteiger partial charge in [-0.3, -0.25) is 14.3 Å². The van der Waals surface area contributed by atoms with Crippen LogP contribution in [0.2, 0.25) is 0 Å². The Morgan fingerprint density at radius 1 is 1.00 bits per heavy atom. The lowest BCUT2D eigenvalue weighted by atomic mass is 10.2. The van der Waals surface area contributed by atoms with E-state index >= 15 is 0 Å². The zero-order valence-corrected chi connectivity index (χ0v) is 22.7. The number of primary amides is 1. The lowest BCUT2D eigenvalue weighted by Gasteiger charge is -2.13. The van der Waals surface area contributed by atoms with E-state index in [0.717, 1.165) is 16.8 Å². The molecule has 4 aromatic rings. The maximum Gasteiger partial charge on any atom is 0.284 e. The van der Waals surface area contributed by atoms with Crippen LogP contribution in [0.25, 0.3) is 0 Å². The molecule has 4 rings (SSSR count). The molecule has 0 aliphatic carbocycles. The SMILES string of the molecule is Cc1ccc(S(=O)(=O)/N=c2/ccc(Oc3ccc(C)c(NC(=O)c4cc(C)nn4C)c3)cn2CC(N)=O)cc1. The fourth-order valence-electron chi connectivity index (χ4n) is 3.78. The van der Waals surface area contributed by atoms with Crippen molar-refractivity contribution >= 4 is 27.5 Å². The maximum atomic E-state index is 12.8. The van der Waals surface area contributed by atoms with Gasteiger partial charge in [-0.05, 0) is 62.7 Å². The first kappa shape index (κ1) is 27.3. The predicted octanol–water partition coefficient (Wildman–Crippen LogP) is 2.97. The maximum absolute atomic E-state index is 12.8. The predicted molar refractivity (Wildman–Crippen MR) is 145 cm³/mol. The number of sulfonamides is 1. The molecule has 0 bridgehead atoms.